The zero-order valence-corrected chi connectivity index (χ0v) is 10.0. The highest BCUT2D eigenvalue weighted by atomic mass is 35.7. The zero-order chi connectivity index (χ0) is 11.8. The lowest BCUT2D eigenvalue weighted by Gasteiger charge is -2.27. The third-order valence-corrected chi connectivity index (χ3v) is 6.13. The Hall–Kier alpha value is -0.630. The fourth-order valence-electron chi connectivity index (χ4n) is 1.52. The van der Waals surface area contributed by atoms with Gasteiger partial charge >= 0.3 is 0 Å². The normalized spacial score (nSPS) is 27.5. The Morgan fingerprint density at radius 2 is 2.00 bits per heavy atom. The number of rotatable bonds is 3. The van der Waals surface area contributed by atoms with E-state index in [0.29, 0.717) is 16.3 Å². The number of halogens is 1. The van der Waals surface area contributed by atoms with Gasteiger partial charge in [-0.05, 0) is 12.1 Å². The second-order valence-corrected chi connectivity index (χ2v) is 7.10. The van der Waals surface area contributed by atoms with E-state index in [-0.39, 0.29) is 0 Å². The molecule has 0 radical (unpaired) electrons. The van der Waals surface area contributed by atoms with Crippen molar-refractivity contribution < 1.29 is 28.0 Å². The van der Waals surface area contributed by atoms with Gasteiger partial charge in [0.25, 0.3) is 0 Å². The molecule has 0 amide bonds. The Kier molecular flexibility index (Phi) is 2.95. The number of hydrogen-bond acceptors (Lipinski definition) is 5. The molecular weight excluding hydrogens is 254 g/mol. The second-order valence-electron chi connectivity index (χ2n) is 3.16. The molecular formula is C9H10ClNO4S. The van der Waals surface area contributed by atoms with Crippen molar-refractivity contribution in [1.82, 2.24) is 0 Å². The smallest absolute Gasteiger partial charge is 0.131 e. The second kappa shape index (κ2) is 3.99. The summed E-state index contributed by atoms with van der Waals surface area (Å²) in [6.45, 7) is 1.77. The van der Waals surface area contributed by atoms with Crippen molar-refractivity contribution in [3.8, 4) is 0 Å². The van der Waals surface area contributed by atoms with Crippen LogP contribution in [0.3, 0.4) is 0 Å². The Morgan fingerprint density at radius 1 is 1.31 bits per heavy atom. The molecule has 0 spiro atoms. The van der Waals surface area contributed by atoms with Crippen molar-refractivity contribution in [2.45, 2.75) is 11.8 Å². The predicted octanol–water partition coefficient (Wildman–Crippen LogP) is -0.628. The van der Waals surface area contributed by atoms with Crippen LogP contribution < -0.4 is 14.0 Å². The van der Waals surface area contributed by atoms with Gasteiger partial charge in [-0.25, -0.2) is 4.99 Å². The van der Waals surface area contributed by atoms with Crippen LogP contribution in [0.25, 0.3) is 0 Å². The van der Waals surface area contributed by atoms with E-state index in [9.17, 15) is 14.0 Å². The van der Waals surface area contributed by atoms with Crippen molar-refractivity contribution in [3.05, 3.63) is 24.3 Å². The molecule has 0 aliphatic carbocycles. The van der Waals surface area contributed by atoms with Gasteiger partial charge in [0.05, 0.1) is 36.7 Å². The molecule has 0 saturated carbocycles. The summed E-state index contributed by atoms with van der Waals surface area (Å²) in [6, 6.07) is 7.06. The standard InChI is InChI=1S/C9H10ClNO4S/c1-2-16(15-10(12,13)14)7-11-8-5-3-4-6-9(8)16/h3-7H,2H2,1H3. The third kappa shape index (κ3) is 2.08. The van der Waals surface area contributed by atoms with Crippen molar-refractivity contribution in [1.29, 1.82) is 0 Å². The highest BCUT2D eigenvalue weighted by Crippen LogP contribution is 2.62. The molecule has 1 aromatic rings. The molecule has 1 heterocycles. The molecule has 0 aromatic heterocycles. The van der Waals surface area contributed by atoms with E-state index in [0.717, 1.165) is 0 Å². The summed E-state index contributed by atoms with van der Waals surface area (Å²) in [5.41, 5.74) is 2.11. The maximum atomic E-state index is 10.7. The lowest BCUT2D eigenvalue weighted by Crippen LogP contribution is -2.61. The summed E-state index contributed by atoms with van der Waals surface area (Å²) in [7, 11) is -6.66. The molecule has 0 fully saturated rings. The van der Waals surface area contributed by atoms with Crippen molar-refractivity contribution in [2.75, 3.05) is 5.75 Å². The van der Waals surface area contributed by atoms with Crippen LogP contribution in [0.4, 0.5) is 5.69 Å². The van der Waals surface area contributed by atoms with E-state index in [2.05, 4.69) is 8.73 Å². The number of aliphatic imine (C=N–C) groups is 1. The molecule has 0 bridgehead atoms. The lowest BCUT2D eigenvalue weighted by molar-refractivity contribution is -1.91. The summed E-state index contributed by atoms with van der Waals surface area (Å²) in [5.74, 6) is 0.405. The maximum absolute atomic E-state index is 10.7. The molecule has 1 unspecified atom stereocenters. The summed E-state index contributed by atoms with van der Waals surface area (Å²) in [5, 5.41) is 0. The van der Waals surface area contributed by atoms with Gasteiger partial charge in [0, 0.05) is 5.75 Å². The first-order valence-corrected chi connectivity index (χ1v) is 7.55. The van der Waals surface area contributed by atoms with Crippen molar-refractivity contribution in [3.63, 3.8) is 0 Å². The van der Waals surface area contributed by atoms with E-state index >= 15 is 0 Å². The molecule has 16 heavy (non-hydrogen) atoms. The van der Waals surface area contributed by atoms with Crippen LogP contribution in [0.2, 0.25) is 0 Å². The fourth-order valence-corrected chi connectivity index (χ4v) is 5.02. The monoisotopic (exact) mass is 263 g/mol. The number of benzene rings is 1. The predicted molar refractivity (Wildman–Crippen MR) is 52.1 cm³/mol. The largest absolute Gasteiger partial charge is 0.247 e. The Balaban J connectivity index is 2.42. The van der Waals surface area contributed by atoms with E-state index in [1.807, 2.05) is 0 Å². The lowest BCUT2D eigenvalue weighted by atomic mass is 10.3. The number of hydrogen-bond donors (Lipinski definition) is 0. The summed E-state index contributed by atoms with van der Waals surface area (Å²) >= 11 is 0. The van der Waals surface area contributed by atoms with Gasteiger partial charge in [-0.1, -0.05) is 19.1 Å². The highest BCUT2D eigenvalue weighted by molar-refractivity contribution is 8.40. The Morgan fingerprint density at radius 3 is 2.62 bits per heavy atom. The minimum atomic E-state index is -4.44. The van der Waals surface area contributed by atoms with Gasteiger partial charge in [-0.2, -0.15) is 14.0 Å². The Bertz CT molecular complexity index is 434. The average Bonchev–Trinajstić information content (AvgIpc) is 2.57. The molecule has 0 N–H and O–H groups in total. The number of fused-ring (bicyclic) bond motifs is 1. The third-order valence-electron chi connectivity index (χ3n) is 2.22. The van der Waals surface area contributed by atoms with Gasteiger partial charge in [-0.3, -0.25) is 0 Å². The molecule has 1 atom stereocenters. The Labute approximate surface area is 96.6 Å². The van der Waals surface area contributed by atoms with Gasteiger partial charge < -0.3 is 0 Å². The first-order chi connectivity index (χ1) is 7.47. The summed E-state index contributed by atoms with van der Waals surface area (Å²) < 4.78 is 36.8. The molecule has 7 heteroatoms. The van der Waals surface area contributed by atoms with Gasteiger partial charge in [0.1, 0.15) is 3.74 Å². The molecule has 5 nitrogen and oxygen atoms in total. The first-order valence-electron chi connectivity index (χ1n) is 4.53. The van der Waals surface area contributed by atoms with Crippen molar-refractivity contribution in [2.24, 2.45) is 4.99 Å². The van der Waals surface area contributed by atoms with Crippen LogP contribution in [0, 0.1) is 10.2 Å². The first kappa shape index (κ1) is 11.8. The van der Waals surface area contributed by atoms with Crippen molar-refractivity contribution >= 4 is 21.5 Å². The van der Waals surface area contributed by atoms with E-state index < -0.39 is 20.6 Å². The molecule has 0 saturated heterocycles. The topological polar surface area (TPSA) is 90.8 Å². The zero-order valence-electron chi connectivity index (χ0n) is 8.46. The van der Waals surface area contributed by atoms with Crippen LogP contribution in [0.15, 0.2) is 34.2 Å². The van der Waals surface area contributed by atoms with Gasteiger partial charge in [0.2, 0.25) is 0 Å². The fraction of sp³-hybridized carbons (Fsp3) is 0.222. The van der Waals surface area contributed by atoms with Crippen LogP contribution in [0.5, 0.6) is 0 Å². The minimum Gasteiger partial charge on any atom is -0.247 e. The molecule has 2 rings (SSSR count). The number of nitrogens with zero attached hydrogens (tertiary/aromatic N) is 1. The number of para-hydroxylation sites is 1. The van der Waals surface area contributed by atoms with E-state index in [1.165, 1.54) is 5.55 Å². The quantitative estimate of drug-likeness (QED) is 0.726. The van der Waals surface area contributed by atoms with E-state index in [4.69, 9.17) is 0 Å². The molecule has 88 valence electrons. The van der Waals surface area contributed by atoms with Crippen LogP contribution in [-0.2, 0) is 3.74 Å². The van der Waals surface area contributed by atoms with E-state index in [1.54, 1.807) is 31.2 Å². The summed E-state index contributed by atoms with van der Waals surface area (Å²) in [4.78, 5) is 4.77. The average molecular weight is 264 g/mol. The molecule has 1 aromatic carbocycles. The van der Waals surface area contributed by atoms with Crippen LogP contribution in [-0.4, -0.2) is 11.3 Å². The molecule has 1 aliphatic rings. The maximum Gasteiger partial charge on any atom is 0.131 e. The van der Waals surface area contributed by atoms with Crippen LogP contribution >= 0.6 is 10.3 Å². The van der Waals surface area contributed by atoms with Crippen LogP contribution in [0.1, 0.15) is 6.92 Å². The van der Waals surface area contributed by atoms with Gasteiger partial charge in [0.15, 0.2) is 0 Å². The highest BCUT2D eigenvalue weighted by Gasteiger charge is 2.44. The SMILES string of the molecule is CCS1(O[Cl+3]([O-])([O-])[O-])C=Nc2ccccc21. The summed E-state index contributed by atoms with van der Waals surface area (Å²) in [6.07, 6.45) is 0. The van der Waals surface area contributed by atoms with Gasteiger partial charge in [-0.15, -0.1) is 0 Å². The molecule has 1 aliphatic heterocycles. The minimum absolute atomic E-state index is 0.405.